The van der Waals surface area contributed by atoms with E-state index in [4.69, 9.17) is 11.6 Å². The van der Waals surface area contributed by atoms with E-state index in [-0.39, 0.29) is 11.1 Å². The van der Waals surface area contributed by atoms with Gasteiger partial charge in [0.1, 0.15) is 5.82 Å². The number of nitrogens with one attached hydrogen (secondary N) is 1. The molecule has 6 heteroatoms. The van der Waals surface area contributed by atoms with Gasteiger partial charge in [0, 0.05) is 7.05 Å². The molecule has 1 aromatic carbocycles. The number of nitrogens with zero attached hydrogens (tertiary/aromatic N) is 3. The van der Waals surface area contributed by atoms with Crippen LogP contribution in [0.4, 0.5) is 4.39 Å². The van der Waals surface area contributed by atoms with Gasteiger partial charge in [-0.3, -0.25) is 4.68 Å². The maximum atomic E-state index is 13.2. The van der Waals surface area contributed by atoms with Crippen LogP contribution in [0.3, 0.4) is 0 Å². The van der Waals surface area contributed by atoms with Crippen LogP contribution in [0.5, 0.6) is 0 Å². The molecule has 4 nitrogen and oxygen atoms in total. The van der Waals surface area contributed by atoms with Crippen molar-refractivity contribution in [2.45, 2.75) is 13.0 Å². The lowest BCUT2D eigenvalue weighted by molar-refractivity contribution is 0.566. The molecule has 0 aliphatic heterocycles. The molecule has 0 radical (unpaired) electrons. The van der Waals surface area contributed by atoms with Gasteiger partial charge in [0.2, 0.25) is 0 Å². The van der Waals surface area contributed by atoms with Gasteiger partial charge in [-0.05, 0) is 24.2 Å². The van der Waals surface area contributed by atoms with Gasteiger partial charge in [-0.2, -0.15) is 0 Å². The van der Waals surface area contributed by atoms with E-state index in [1.807, 2.05) is 14.0 Å². The summed E-state index contributed by atoms with van der Waals surface area (Å²) in [4.78, 5) is 0. The average molecular weight is 269 g/mol. The highest BCUT2D eigenvalue weighted by molar-refractivity contribution is 6.30. The van der Waals surface area contributed by atoms with E-state index in [0.29, 0.717) is 0 Å². The topological polar surface area (TPSA) is 42.7 Å². The van der Waals surface area contributed by atoms with Crippen LogP contribution in [-0.2, 0) is 7.05 Å². The normalized spacial score (nSPS) is 12.7. The maximum absolute atomic E-state index is 13.2. The predicted molar refractivity (Wildman–Crippen MR) is 67.9 cm³/mol. The molecule has 0 spiro atoms. The third-order valence-corrected chi connectivity index (χ3v) is 3.02. The summed E-state index contributed by atoms with van der Waals surface area (Å²) < 4.78 is 14.9. The molecule has 0 amide bonds. The lowest BCUT2D eigenvalue weighted by atomic mass is 10.0. The molecule has 1 unspecified atom stereocenters. The summed E-state index contributed by atoms with van der Waals surface area (Å²) in [6.45, 7) is 2.77. The van der Waals surface area contributed by atoms with Crippen molar-refractivity contribution in [3.8, 4) is 0 Å². The minimum atomic E-state index is -0.418. The minimum absolute atomic E-state index is 0.104. The largest absolute Gasteiger partial charge is 0.305 e. The number of hydrogen-bond donors (Lipinski definition) is 1. The van der Waals surface area contributed by atoms with Crippen molar-refractivity contribution in [2.75, 3.05) is 6.54 Å². The van der Waals surface area contributed by atoms with E-state index in [1.54, 1.807) is 23.0 Å². The Morgan fingerprint density at radius 2 is 2.28 bits per heavy atom. The summed E-state index contributed by atoms with van der Waals surface area (Å²) in [7, 11) is 1.82. The lowest BCUT2D eigenvalue weighted by Crippen LogP contribution is -2.24. The first-order chi connectivity index (χ1) is 8.63. The molecule has 2 aromatic rings. The standard InChI is InChI=1S/C12H14ClFN4/c1-3-15-12(11-7-16-17-18(11)2)8-4-5-10(14)9(13)6-8/h4-7,12,15H,3H2,1-2H3. The molecule has 0 saturated heterocycles. The molecule has 0 fully saturated rings. The zero-order valence-corrected chi connectivity index (χ0v) is 10.9. The Hall–Kier alpha value is -1.46. The fraction of sp³-hybridized carbons (Fsp3) is 0.333. The van der Waals surface area contributed by atoms with Crippen molar-refractivity contribution in [1.82, 2.24) is 20.3 Å². The summed E-state index contributed by atoms with van der Waals surface area (Å²) in [5, 5.41) is 11.2. The SMILES string of the molecule is CCNC(c1ccc(F)c(Cl)c1)c1cnnn1C. The molecular formula is C12H14ClFN4. The van der Waals surface area contributed by atoms with Crippen LogP contribution >= 0.6 is 11.6 Å². The highest BCUT2D eigenvalue weighted by Gasteiger charge is 2.18. The molecular weight excluding hydrogens is 255 g/mol. The molecule has 0 saturated carbocycles. The number of benzene rings is 1. The van der Waals surface area contributed by atoms with Gasteiger partial charge in [0.15, 0.2) is 0 Å². The van der Waals surface area contributed by atoms with Crippen molar-refractivity contribution in [3.63, 3.8) is 0 Å². The van der Waals surface area contributed by atoms with Crippen LogP contribution in [0.25, 0.3) is 0 Å². The number of aryl methyl sites for hydroxylation is 1. The second-order valence-electron chi connectivity index (χ2n) is 3.95. The fourth-order valence-corrected chi connectivity index (χ4v) is 2.04. The van der Waals surface area contributed by atoms with Crippen molar-refractivity contribution in [2.24, 2.45) is 7.05 Å². The molecule has 0 aliphatic rings. The molecule has 0 aliphatic carbocycles. The van der Waals surface area contributed by atoms with Gasteiger partial charge < -0.3 is 5.32 Å². The quantitative estimate of drug-likeness (QED) is 0.925. The molecule has 0 bridgehead atoms. The summed E-state index contributed by atoms with van der Waals surface area (Å²) in [5.41, 5.74) is 1.79. The maximum Gasteiger partial charge on any atom is 0.141 e. The van der Waals surface area contributed by atoms with Crippen LogP contribution in [-0.4, -0.2) is 21.5 Å². The Balaban J connectivity index is 2.41. The van der Waals surface area contributed by atoms with Crippen molar-refractivity contribution in [3.05, 3.63) is 46.5 Å². The van der Waals surface area contributed by atoms with Gasteiger partial charge in [-0.25, -0.2) is 4.39 Å². The van der Waals surface area contributed by atoms with E-state index in [1.165, 1.54) is 6.07 Å². The van der Waals surface area contributed by atoms with E-state index in [0.717, 1.165) is 17.8 Å². The van der Waals surface area contributed by atoms with E-state index < -0.39 is 5.82 Å². The Morgan fingerprint density at radius 1 is 1.50 bits per heavy atom. The summed E-state index contributed by atoms with van der Waals surface area (Å²) in [6, 6.07) is 4.60. The van der Waals surface area contributed by atoms with Crippen molar-refractivity contribution in [1.29, 1.82) is 0 Å². The minimum Gasteiger partial charge on any atom is -0.305 e. The van der Waals surface area contributed by atoms with E-state index in [9.17, 15) is 4.39 Å². The van der Waals surface area contributed by atoms with Gasteiger partial charge in [-0.1, -0.05) is 29.8 Å². The monoisotopic (exact) mass is 268 g/mol. The Kier molecular flexibility index (Phi) is 3.93. The Labute approximate surface area is 110 Å². The third-order valence-electron chi connectivity index (χ3n) is 2.73. The van der Waals surface area contributed by atoms with Crippen molar-refractivity contribution >= 4 is 11.6 Å². The average Bonchev–Trinajstić information content (AvgIpc) is 2.76. The van der Waals surface area contributed by atoms with Crippen molar-refractivity contribution < 1.29 is 4.39 Å². The molecule has 1 heterocycles. The molecule has 1 N–H and O–H groups in total. The van der Waals surface area contributed by atoms with Gasteiger partial charge >= 0.3 is 0 Å². The van der Waals surface area contributed by atoms with E-state index >= 15 is 0 Å². The third kappa shape index (κ3) is 2.52. The van der Waals surface area contributed by atoms with Gasteiger partial charge in [0.25, 0.3) is 0 Å². The smallest absolute Gasteiger partial charge is 0.141 e. The first-order valence-electron chi connectivity index (χ1n) is 5.66. The second-order valence-corrected chi connectivity index (χ2v) is 4.35. The van der Waals surface area contributed by atoms with Crippen LogP contribution in [0.2, 0.25) is 5.02 Å². The number of hydrogen-bond acceptors (Lipinski definition) is 3. The highest BCUT2D eigenvalue weighted by Crippen LogP contribution is 2.25. The summed E-state index contributed by atoms with van der Waals surface area (Å²) >= 11 is 5.82. The van der Waals surface area contributed by atoms with Gasteiger partial charge in [0.05, 0.1) is 23.0 Å². The van der Waals surface area contributed by atoms with Crippen LogP contribution < -0.4 is 5.32 Å². The number of aromatic nitrogens is 3. The zero-order chi connectivity index (χ0) is 13.1. The highest BCUT2D eigenvalue weighted by atomic mass is 35.5. The number of halogens is 2. The second kappa shape index (κ2) is 5.46. The lowest BCUT2D eigenvalue weighted by Gasteiger charge is -2.18. The van der Waals surface area contributed by atoms with Crippen LogP contribution in [0.1, 0.15) is 24.2 Å². The molecule has 1 aromatic heterocycles. The fourth-order valence-electron chi connectivity index (χ4n) is 1.85. The first-order valence-corrected chi connectivity index (χ1v) is 6.04. The van der Waals surface area contributed by atoms with E-state index in [2.05, 4.69) is 15.6 Å². The first kappa shape index (κ1) is 13.0. The molecule has 96 valence electrons. The van der Waals surface area contributed by atoms with Crippen LogP contribution in [0, 0.1) is 5.82 Å². The zero-order valence-electron chi connectivity index (χ0n) is 10.2. The van der Waals surface area contributed by atoms with Crippen LogP contribution in [0.15, 0.2) is 24.4 Å². The molecule has 18 heavy (non-hydrogen) atoms. The Bertz CT molecular complexity index is 541. The number of rotatable bonds is 4. The molecule has 1 atom stereocenters. The summed E-state index contributed by atoms with van der Waals surface area (Å²) in [5.74, 6) is -0.418. The molecule has 2 rings (SSSR count). The van der Waals surface area contributed by atoms with Gasteiger partial charge in [-0.15, -0.1) is 5.10 Å². The Morgan fingerprint density at radius 3 is 2.83 bits per heavy atom. The predicted octanol–water partition coefficient (Wildman–Crippen LogP) is 2.31. The summed E-state index contributed by atoms with van der Waals surface area (Å²) in [6.07, 6.45) is 1.69.